The van der Waals surface area contributed by atoms with Gasteiger partial charge in [-0.15, -0.1) is 0 Å². The minimum absolute atomic E-state index is 0.827. The Balaban J connectivity index is 2.47. The van der Waals surface area contributed by atoms with E-state index in [1.54, 1.807) is 0 Å². The van der Waals surface area contributed by atoms with Crippen LogP contribution in [-0.4, -0.2) is 4.98 Å². The Hall–Kier alpha value is -1.50. The molecule has 0 unspecified atom stereocenters. The molecule has 0 bridgehead atoms. The lowest BCUT2D eigenvalue weighted by atomic mass is 10.1. The van der Waals surface area contributed by atoms with Gasteiger partial charge in [-0.25, -0.2) is 0 Å². The molecule has 13 heavy (non-hydrogen) atoms. The molecule has 0 fully saturated rings. The molecule has 0 spiro atoms. The smallest absolute Gasteiger partial charge is 0.0486 e. The van der Waals surface area contributed by atoms with Crippen LogP contribution in [0.2, 0.25) is 0 Å². The monoisotopic (exact) mass is 170 g/mol. The van der Waals surface area contributed by atoms with Gasteiger partial charge in [0.15, 0.2) is 0 Å². The Kier molecular flexibility index (Phi) is 2.17. The van der Waals surface area contributed by atoms with Crippen LogP contribution in [0.15, 0.2) is 42.6 Å². The highest BCUT2D eigenvalue weighted by molar-refractivity contribution is 5.63. The fourth-order valence-electron chi connectivity index (χ4n) is 1.48. The number of H-pyrrole nitrogens is 1. The zero-order valence-electron chi connectivity index (χ0n) is 7.46. The SMILES string of the molecule is [CH2]Cc1cc[nH]c1-c1ccccc1. The number of nitrogens with one attached hydrogen (secondary N) is 1. The summed E-state index contributed by atoms with van der Waals surface area (Å²) >= 11 is 0. The lowest BCUT2D eigenvalue weighted by molar-refractivity contribution is 1.27. The van der Waals surface area contributed by atoms with Crippen molar-refractivity contribution in [2.75, 3.05) is 0 Å². The van der Waals surface area contributed by atoms with E-state index in [9.17, 15) is 0 Å². The Bertz CT molecular complexity index is 373. The van der Waals surface area contributed by atoms with Crippen LogP contribution in [0.4, 0.5) is 0 Å². The average Bonchev–Trinajstić information content (AvgIpc) is 2.67. The van der Waals surface area contributed by atoms with Crippen molar-refractivity contribution >= 4 is 0 Å². The summed E-state index contributed by atoms with van der Waals surface area (Å²) in [5.41, 5.74) is 3.69. The molecule has 0 saturated heterocycles. The summed E-state index contributed by atoms with van der Waals surface area (Å²) in [4.78, 5) is 3.23. The molecule has 0 atom stereocenters. The Morgan fingerprint density at radius 3 is 2.54 bits per heavy atom. The van der Waals surface area contributed by atoms with Crippen LogP contribution in [0.5, 0.6) is 0 Å². The fourth-order valence-corrected chi connectivity index (χ4v) is 1.48. The van der Waals surface area contributed by atoms with E-state index in [0.717, 1.165) is 6.42 Å². The normalized spacial score (nSPS) is 10.2. The van der Waals surface area contributed by atoms with Crippen molar-refractivity contribution in [3.63, 3.8) is 0 Å². The fraction of sp³-hybridized carbons (Fsp3) is 0.0833. The van der Waals surface area contributed by atoms with Gasteiger partial charge in [0.1, 0.15) is 0 Å². The third kappa shape index (κ3) is 1.50. The maximum Gasteiger partial charge on any atom is 0.0486 e. The summed E-state index contributed by atoms with van der Waals surface area (Å²) in [6, 6.07) is 12.4. The predicted octanol–water partition coefficient (Wildman–Crippen LogP) is 3.06. The van der Waals surface area contributed by atoms with Crippen LogP contribution >= 0.6 is 0 Å². The van der Waals surface area contributed by atoms with Crippen molar-refractivity contribution in [2.24, 2.45) is 0 Å². The van der Waals surface area contributed by atoms with E-state index in [1.807, 2.05) is 24.4 Å². The van der Waals surface area contributed by atoms with Gasteiger partial charge in [-0.05, 0) is 30.5 Å². The van der Waals surface area contributed by atoms with Gasteiger partial charge in [-0.3, -0.25) is 0 Å². The first-order valence-corrected chi connectivity index (χ1v) is 4.42. The van der Waals surface area contributed by atoms with Crippen molar-refractivity contribution < 1.29 is 0 Å². The first kappa shape index (κ1) is 8.11. The molecule has 0 aliphatic heterocycles. The molecule has 1 radical (unpaired) electrons. The Labute approximate surface area is 78.4 Å². The van der Waals surface area contributed by atoms with Gasteiger partial charge in [0.05, 0.1) is 0 Å². The predicted molar refractivity (Wildman–Crippen MR) is 55.3 cm³/mol. The minimum Gasteiger partial charge on any atom is -0.361 e. The highest BCUT2D eigenvalue weighted by Gasteiger charge is 2.02. The third-order valence-corrected chi connectivity index (χ3v) is 2.17. The van der Waals surface area contributed by atoms with Crippen molar-refractivity contribution in [3.8, 4) is 11.3 Å². The molecule has 1 nitrogen and oxygen atoms in total. The number of hydrogen-bond acceptors (Lipinski definition) is 0. The number of aromatic nitrogens is 1. The van der Waals surface area contributed by atoms with E-state index in [2.05, 4.69) is 30.1 Å². The average molecular weight is 170 g/mol. The molecule has 0 aliphatic carbocycles. The maximum atomic E-state index is 3.89. The van der Waals surface area contributed by atoms with Crippen LogP contribution in [-0.2, 0) is 6.42 Å². The summed E-state index contributed by atoms with van der Waals surface area (Å²) in [6.45, 7) is 3.89. The topological polar surface area (TPSA) is 15.8 Å². The molecular formula is C12H12N. The largest absolute Gasteiger partial charge is 0.361 e. The molecule has 0 saturated carbocycles. The van der Waals surface area contributed by atoms with E-state index in [4.69, 9.17) is 0 Å². The van der Waals surface area contributed by atoms with E-state index in [1.165, 1.54) is 16.8 Å². The Morgan fingerprint density at radius 1 is 1.08 bits per heavy atom. The second kappa shape index (κ2) is 3.48. The minimum atomic E-state index is 0.827. The van der Waals surface area contributed by atoms with Gasteiger partial charge in [-0.1, -0.05) is 30.3 Å². The van der Waals surface area contributed by atoms with Crippen LogP contribution in [0.3, 0.4) is 0 Å². The van der Waals surface area contributed by atoms with Gasteiger partial charge < -0.3 is 4.98 Å². The molecule has 2 aromatic rings. The van der Waals surface area contributed by atoms with Crippen LogP contribution in [0, 0.1) is 6.92 Å². The lowest BCUT2D eigenvalue weighted by Gasteiger charge is -2.00. The molecule has 0 amide bonds. The second-order valence-electron chi connectivity index (χ2n) is 2.99. The summed E-state index contributed by atoms with van der Waals surface area (Å²) in [7, 11) is 0. The number of hydrogen-bond donors (Lipinski definition) is 1. The summed E-state index contributed by atoms with van der Waals surface area (Å²) in [5, 5.41) is 0. The summed E-state index contributed by atoms with van der Waals surface area (Å²) in [6.07, 6.45) is 2.79. The van der Waals surface area contributed by atoms with E-state index < -0.39 is 0 Å². The van der Waals surface area contributed by atoms with Gasteiger partial charge in [-0.2, -0.15) is 0 Å². The van der Waals surface area contributed by atoms with Gasteiger partial charge in [0, 0.05) is 11.9 Å². The molecular weight excluding hydrogens is 158 g/mol. The molecule has 1 aromatic carbocycles. The third-order valence-electron chi connectivity index (χ3n) is 2.17. The quantitative estimate of drug-likeness (QED) is 0.713. The van der Waals surface area contributed by atoms with Gasteiger partial charge in [0.25, 0.3) is 0 Å². The van der Waals surface area contributed by atoms with Gasteiger partial charge in [0.2, 0.25) is 0 Å². The Morgan fingerprint density at radius 2 is 1.85 bits per heavy atom. The van der Waals surface area contributed by atoms with Crippen LogP contribution in [0.1, 0.15) is 5.56 Å². The highest BCUT2D eigenvalue weighted by Crippen LogP contribution is 2.21. The van der Waals surface area contributed by atoms with Crippen molar-refractivity contribution in [1.29, 1.82) is 0 Å². The standard InChI is InChI=1S/C12H12N/c1-2-10-8-9-13-12(10)11-6-4-3-5-7-11/h3-9,13H,1-2H2. The summed E-state index contributed by atoms with van der Waals surface area (Å²) in [5.74, 6) is 0. The van der Waals surface area contributed by atoms with Crippen molar-refractivity contribution in [1.82, 2.24) is 4.98 Å². The van der Waals surface area contributed by atoms with Crippen molar-refractivity contribution in [3.05, 3.63) is 55.1 Å². The summed E-state index contributed by atoms with van der Waals surface area (Å²) < 4.78 is 0. The second-order valence-corrected chi connectivity index (χ2v) is 2.99. The molecule has 1 N–H and O–H groups in total. The molecule has 65 valence electrons. The number of aromatic amines is 1. The molecule has 1 aromatic heterocycles. The van der Waals surface area contributed by atoms with Crippen molar-refractivity contribution in [2.45, 2.75) is 6.42 Å². The highest BCUT2D eigenvalue weighted by atomic mass is 14.7. The number of rotatable bonds is 2. The maximum absolute atomic E-state index is 3.89. The van der Waals surface area contributed by atoms with E-state index >= 15 is 0 Å². The molecule has 1 heteroatoms. The van der Waals surface area contributed by atoms with Gasteiger partial charge >= 0.3 is 0 Å². The van der Waals surface area contributed by atoms with Crippen LogP contribution < -0.4 is 0 Å². The first-order chi connectivity index (χ1) is 6.42. The first-order valence-electron chi connectivity index (χ1n) is 4.42. The number of benzene rings is 1. The molecule has 1 heterocycles. The zero-order chi connectivity index (χ0) is 9.10. The zero-order valence-corrected chi connectivity index (χ0v) is 7.46. The van der Waals surface area contributed by atoms with Crippen LogP contribution in [0.25, 0.3) is 11.3 Å². The lowest BCUT2D eigenvalue weighted by Crippen LogP contribution is -1.83. The molecule has 0 aliphatic rings. The van der Waals surface area contributed by atoms with E-state index in [0.29, 0.717) is 0 Å². The van der Waals surface area contributed by atoms with E-state index in [-0.39, 0.29) is 0 Å². The molecule has 2 rings (SSSR count).